The lowest BCUT2D eigenvalue weighted by Gasteiger charge is -2.08. The molecule has 1 nitrogen and oxygen atoms in total. The van der Waals surface area contributed by atoms with Crippen LogP contribution in [0.5, 0.6) is 0 Å². The fourth-order valence-electron chi connectivity index (χ4n) is 2.16. The van der Waals surface area contributed by atoms with E-state index in [1.165, 1.54) is 27.9 Å². The summed E-state index contributed by atoms with van der Waals surface area (Å²) in [6, 6.07) is 10.8. The number of hydrogen-bond acceptors (Lipinski definition) is 1. The summed E-state index contributed by atoms with van der Waals surface area (Å²) in [5.41, 5.74) is 6.66. The Morgan fingerprint density at radius 2 is 1.76 bits per heavy atom. The van der Waals surface area contributed by atoms with Crippen LogP contribution in [0.3, 0.4) is 0 Å². The van der Waals surface area contributed by atoms with Gasteiger partial charge in [-0.3, -0.25) is 4.98 Å². The van der Waals surface area contributed by atoms with Gasteiger partial charge in [0.15, 0.2) is 0 Å². The van der Waals surface area contributed by atoms with Crippen LogP contribution >= 0.6 is 0 Å². The molecule has 0 N–H and O–H groups in total. The quantitative estimate of drug-likeness (QED) is 0.774. The van der Waals surface area contributed by atoms with Crippen LogP contribution in [0.25, 0.3) is 0 Å². The van der Waals surface area contributed by atoms with Gasteiger partial charge in [0.25, 0.3) is 0 Å². The van der Waals surface area contributed by atoms with Crippen molar-refractivity contribution in [2.75, 3.05) is 0 Å². The van der Waals surface area contributed by atoms with Gasteiger partial charge in [-0.15, -0.1) is 0 Å². The zero-order chi connectivity index (χ0) is 12.3. The Morgan fingerprint density at radius 3 is 2.47 bits per heavy atom. The highest BCUT2D eigenvalue weighted by Gasteiger charge is 2.02. The van der Waals surface area contributed by atoms with E-state index in [2.05, 4.69) is 50.0 Å². The summed E-state index contributed by atoms with van der Waals surface area (Å²) in [5.74, 6) is 0. The maximum atomic E-state index is 4.44. The molecule has 0 spiro atoms. The summed E-state index contributed by atoms with van der Waals surface area (Å²) in [6.07, 6.45) is 3.98. The van der Waals surface area contributed by atoms with Gasteiger partial charge in [-0.05, 0) is 56.4 Å². The molecule has 2 aromatic rings. The first-order valence-electron chi connectivity index (χ1n) is 6.13. The lowest BCUT2D eigenvalue weighted by molar-refractivity contribution is 0.893. The first-order valence-corrected chi connectivity index (χ1v) is 6.13. The van der Waals surface area contributed by atoms with Crippen LogP contribution in [0.15, 0.2) is 36.5 Å². The highest BCUT2D eigenvalue weighted by atomic mass is 14.7. The van der Waals surface area contributed by atoms with E-state index in [0.717, 1.165) is 12.8 Å². The molecule has 2 rings (SSSR count). The van der Waals surface area contributed by atoms with E-state index in [4.69, 9.17) is 0 Å². The molecular formula is C16H19N. The van der Waals surface area contributed by atoms with Gasteiger partial charge in [-0.25, -0.2) is 0 Å². The Labute approximate surface area is 104 Å². The third-order valence-electron chi connectivity index (χ3n) is 3.25. The van der Waals surface area contributed by atoms with Crippen molar-refractivity contribution in [1.82, 2.24) is 4.98 Å². The van der Waals surface area contributed by atoms with Crippen LogP contribution in [-0.4, -0.2) is 4.98 Å². The van der Waals surface area contributed by atoms with Crippen molar-refractivity contribution in [2.45, 2.75) is 33.6 Å². The predicted molar refractivity (Wildman–Crippen MR) is 72.3 cm³/mol. The molecule has 1 aromatic heterocycles. The molecule has 17 heavy (non-hydrogen) atoms. The lowest BCUT2D eigenvalue weighted by atomic mass is 9.99. The molecule has 0 bridgehead atoms. The third-order valence-corrected chi connectivity index (χ3v) is 3.25. The van der Waals surface area contributed by atoms with Gasteiger partial charge in [-0.2, -0.15) is 0 Å². The number of hydrogen-bond donors (Lipinski definition) is 0. The number of pyridine rings is 1. The summed E-state index contributed by atoms with van der Waals surface area (Å²) in [6.45, 7) is 6.46. The monoisotopic (exact) mass is 225 g/mol. The summed E-state index contributed by atoms with van der Waals surface area (Å²) in [5, 5.41) is 0. The molecule has 1 aromatic carbocycles. The van der Waals surface area contributed by atoms with Crippen LogP contribution in [0.2, 0.25) is 0 Å². The van der Waals surface area contributed by atoms with Gasteiger partial charge in [0, 0.05) is 11.9 Å². The van der Waals surface area contributed by atoms with E-state index in [1.807, 2.05) is 12.3 Å². The van der Waals surface area contributed by atoms with E-state index >= 15 is 0 Å². The van der Waals surface area contributed by atoms with Gasteiger partial charge < -0.3 is 0 Å². The maximum absolute atomic E-state index is 4.44. The Morgan fingerprint density at radius 1 is 0.941 bits per heavy atom. The molecule has 1 heterocycles. The summed E-state index contributed by atoms with van der Waals surface area (Å²) >= 11 is 0. The first kappa shape index (κ1) is 11.8. The number of benzene rings is 1. The molecule has 1 heteroatoms. The van der Waals surface area contributed by atoms with Crippen molar-refractivity contribution < 1.29 is 0 Å². The molecule has 0 saturated carbocycles. The second-order valence-electron chi connectivity index (χ2n) is 4.70. The van der Waals surface area contributed by atoms with Gasteiger partial charge in [0.2, 0.25) is 0 Å². The van der Waals surface area contributed by atoms with Crippen LogP contribution in [-0.2, 0) is 12.8 Å². The van der Waals surface area contributed by atoms with Crippen LogP contribution in [0, 0.1) is 20.8 Å². The minimum atomic E-state index is 1.02. The first-order chi connectivity index (χ1) is 8.16. The zero-order valence-corrected chi connectivity index (χ0v) is 10.8. The van der Waals surface area contributed by atoms with Gasteiger partial charge in [-0.1, -0.05) is 29.8 Å². The Balaban J connectivity index is 2.10. The lowest BCUT2D eigenvalue weighted by Crippen LogP contribution is -1.98. The molecule has 0 aliphatic heterocycles. The SMILES string of the molecule is Cc1ccc(CCc2ncccc2C)c(C)c1. The van der Waals surface area contributed by atoms with Crippen molar-refractivity contribution >= 4 is 0 Å². The van der Waals surface area contributed by atoms with E-state index in [0.29, 0.717) is 0 Å². The van der Waals surface area contributed by atoms with E-state index in [-0.39, 0.29) is 0 Å². The number of aryl methyl sites for hydroxylation is 5. The molecule has 0 aliphatic carbocycles. The van der Waals surface area contributed by atoms with E-state index in [9.17, 15) is 0 Å². The van der Waals surface area contributed by atoms with Crippen molar-refractivity contribution in [1.29, 1.82) is 0 Å². The molecule has 0 aliphatic rings. The number of rotatable bonds is 3. The fourth-order valence-corrected chi connectivity index (χ4v) is 2.16. The van der Waals surface area contributed by atoms with Gasteiger partial charge >= 0.3 is 0 Å². The number of aromatic nitrogens is 1. The minimum absolute atomic E-state index is 1.02. The average Bonchev–Trinajstić information content (AvgIpc) is 2.30. The van der Waals surface area contributed by atoms with Crippen LogP contribution in [0.4, 0.5) is 0 Å². The summed E-state index contributed by atoms with van der Waals surface area (Å²) < 4.78 is 0. The van der Waals surface area contributed by atoms with Gasteiger partial charge in [0.05, 0.1) is 0 Å². The van der Waals surface area contributed by atoms with Crippen LogP contribution in [0.1, 0.15) is 27.9 Å². The van der Waals surface area contributed by atoms with E-state index < -0.39 is 0 Å². The molecule has 0 unspecified atom stereocenters. The second-order valence-corrected chi connectivity index (χ2v) is 4.70. The molecule has 88 valence electrons. The van der Waals surface area contributed by atoms with Gasteiger partial charge in [0.1, 0.15) is 0 Å². The van der Waals surface area contributed by atoms with Crippen molar-refractivity contribution in [3.63, 3.8) is 0 Å². The standard InChI is InChI=1S/C16H19N/c1-12-6-7-15(14(3)11-12)8-9-16-13(2)5-4-10-17-16/h4-7,10-11H,8-9H2,1-3H3. The maximum Gasteiger partial charge on any atom is 0.0436 e. The molecule has 0 saturated heterocycles. The van der Waals surface area contributed by atoms with Crippen molar-refractivity contribution in [2.24, 2.45) is 0 Å². The highest BCUT2D eigenvalue weighted by Crippen LogP contribution is 2.14. The van der Waals surface area contributed by atoms with Crippen molar-refractivity contribution in [3.05, 3.63) is 64.5 Å². The largest absolute Gasteiger partial charge is 0.261 e. The summed E-state index contributed by atoms with van der Waals surface area (Å²) in [7, 11) is 0. The predicted octanol–water partition coefficient (Wildman–Crippen LogP) is 3.79. The minimum Gasteiger partial charge on any atom is -0.261 e. The zero-order valence-electron chi connectivity index (χ0n) is 10.8. The second kappa shape index (κ2) is 5.13. The topological polar surface area (TPSA) is 12.9 Å². The molecule has 0 atom stereocenters. The Bertz CT molecular complexity index is 515. The Hall–Kier alpha value is -1.63. The van der Waals surface area contributed by atoms with Crippen LogP contribution < -0.4 is 0 Å². The molecule has 0 amide bonds. The smallest absolute Gasteiger partial charge is 0.0436 e. The third kappa shape index (κ3) is 2.94. The molecular weight excluding hydrogens is 206 g/mol. The molecule has 0 radical (unpaired) electrons. The normalized spacial score (nSPS) is 10.5. The molecule has 0 fully saturated rings. The average molecular weight is 225 g/mol. The Kier molecular flexibility index (Phi) is 3.58. The number of nitrogens with zero attached hydrogens (tertiary/aromatic N) is 1. The fraction of sp³-hybridized carbons (Fsp3) is 0.312. The van der Waals surface area contributed by atoms with Crippen molar-refractivity contribution in [3.8, 4) is 0 Å². The highest BCUT2D eigenvalue weighted by molar-refractivity contribution is 5.31. The van der Waals surface area contributed by atoms with E-state index in [1.54, 1.807) is 0 Å². The summed E-state index contributed by atoms with van der Waals surface area (Å²) in [4.78, 5) is 4.44.